The minimum atomic E-state index is -3.60. The molecule has 1 N–H and O–H groups in total. The highest BCUT2D eigenvalue weighted by molar-refractivity contribution is 7.92. The van der Waals surface area contributed by atoms with Gasteiger partial charge in [0.1, 0.15) is 6.04 Å². The number of nitrogens with one attached hydrogen (secondary N) is 1. The lowest BCUT2D eigenvalue weighted by atomic mass is 10.2. The lowest BCUT2D eigenvalue weighted by molar-refractivity contribution is -0.122. The number of anilines is 1. The Morgan fingerprint density at radius 1 is 1.30 bits per heavy atom. The molecule has 0 bridgehead atoms. The van der Waals surface area contributed by atoms with E-state index in [4.69, 9.17) is 11.6 Å². The predicted octanol–water partition coefficient (Wildman–Crippen LogP) is 2.02. The van der Waals surface area contributed by atoms with Gasteiger partial charge in [0, 0.05) is 11.1 Å². The van der Waals surface area contributed by atoms with E-state index in [0.29, 0.717) is 10.7 Å². The summed E-state index contributed by atoms with van der Waals surface area (Å²) < 4.78 is 25.0. The Morgan fingerprint density at radius 3 is 2.35 bits per heavy atom. The number of carbonyl (C=O) groups excluding carboxylic acids is 1. The van der Waals surface area contributed by atoms with Gasteiger partial charge in [-0.1, -0.05) is 17.7 Å². The molecule has 0 saturated heterocycles. The molecule has 0 aliphatic rings. The molecular weight excluding hydrogens is 300 g/mol. The molecule has 0 saturated carbocycles. The van der Waals surface area contributed by atoms with E-state index in [2.05, 4.69) is 5.32 Å². The van der Waals surface area contributed by atoms with Gasteiger partial charge in [-0.25, -0.2) is 8.42 Å². The van der Waals surface area contributed by atoms with Crippen LogP contribution in [0, 0.1) is 0 Å². The predicted molar refractivity (Wildman–Crippen MR) is 81.5 cm³/mol. The fourth-order valence-corrected chi connectivity index (χ4v) is 3.18. The van der Waals surface area contributed by atoms with Crippen LogP contribution in [-0.4, -0.2) is 32.7 Å². The summed E-state index contributed by atoms with van der Waals surface area (Å²) in [5, 5.41) is 3.11. The second-order valence-corrected chi connectivity index (χ2v) is 7.17. The normalized spacial score (nSPS) is 13.1. The third-order valence-electron chi connectivity index (χ3n) is 2.58. The number of amides is 1. The number of benzene rings is 1. The number of rotatable bonds is 5. The van der Waals surface area contributed by atoms with Gasteiger partial charge in [-0.3, -0.25) is 9.10 Å². The van der Waals surface area contributed by atoms with E-state index in [0.717, 1.165) is 10.6 Å². The summed E-state index contributed by atoms with van der Waals surface area (Å²) in [5.74, 6) is -0.356. The molecule has 1 amide bonds. The second kappa shape index (κ2) is 6.45. The van der Waals surface area contributed by atoms with Gasteiger partial charge >= 0.3 is 0 Å². The van der Waals surface area contributed by atoms with E-state index in [1.807, 2.05) is 13.8 Å². The molecule has 1 aromatic rings. The average Bonchev–Trinajstić information content (AvgIpc) is 2.26. The second-order valence-electron chi connectivity index (χ2n) is 4.88. The van der Waals surface area contributed by atoms with Gasteiger partial charge in [0.05, 0.1) is 11.9 Å². The van der Waals surface area contributed by atoms with Crippen LogP contribution in [0.25, 0.3) is 0 Å². The van der Waals surface area contributed by atoms with Gasteiger partial charge in [0.15, 0.2) is 0 Å². The maximum absolute atomic E-state index is 12.0. The van der Waals surface area contributed by atoms with Gasteiger partial charge in [-0.15, -0.1) is 0 Å². The number of carbonyl (C=O) groups is 1. The minimum Gasteiger partial charge on any atom is -0.352 e. The molecule has 0 aromatic heterocycles. The van der Waals surface area contributed by atoms with Crippen molar-refractivity contribution in [2.45, 2.75) is 32.9 Å². The first-order valence-electron chi connectivity index (χ1n) is 6.18. The smallest absolute Gasteiger partial charge is 0.243 e. The van der Waals surface area contributed by atoms with Crippen molar-refractivity contribution >= 4 is 33.2 Å². The van der Waals surface area contributed by atoms with Crippen LogP contribution in [0.1, 0.15) is 20.8 Å². The lowest BCUT2D eigenvalue weighted by Gasteiger charge is -2.28. The zero-order chi connectivity index (χ0) is 15.5. The standard InChI is InChI=1S/C13H19ClN2O3S/c1-9(2)15-13(17)10(3)16(20(4,18)19)12-7-5-6-11(14)8-12/h5-10H,1-4H3,(H,15,17)/t10-/m1/s1. The number of hydrogen-bond acceptors (Lipinski definition) is 3. The molecule has 1 atom stereocenters. The summed E-state index contributed by atoms with van der Waals surface area (Å²) in [4.78, 5) is 12.0. The number of hydrogen-bond donors (Lipinski definition) is 1. The van der Waals surface area contributed by atoms with Crippen LogP contribution in [-0.2, 0) is 14.8 Å². The van der Waals surface area contributed by atoms with Crippen LogP contribution < -0.4 is 9.62 Å². The van der Waals surface area contributed by atoms with Crippen molar-refractivity contribution in [2.24, 2.45) is 0 Å². The van der Waals surface area contributed by atoms with Crippen molar-refractivity contribution in [2.75, 3.05) is 10.6 Å². The highest BCUT2D eigenvalue weighted by atomic mass is 35.5. The van der Waals surface area contributed by atoms with Crippen molar-refractivity contribution in [1.82, 2.24) is 5.32 Å². The maximum Gasteiger partial charge on any atom is 0.243 e. The zero-order valence-electron chi connectivity index (χ0n) is 11.9. The topological polar surface area (TPSA) is 66.5 Å². The Hall–Kier alpha value is -1.27. The molecule has 112 valence electrons. The molecule has 20 heavy (non-hydrogen) atoms. The average molecular weight is 319 g/mol. The minimum absolute atomic E-state index is 0.0641. The van der Waals surface area contributed by atoms with E-state index in [1.165, 1.54) is 6.07 Å². The number of nitrogens with zero attached hydrogens (tertiary/aromatic N) is 1. The van der Waals surface area contributed by atoms with E-state index in [9.17, 15) is 13.2 Å². The summed E-state index contributed by atoms with van der Waals surface area (Å²) in [6, 6.07) is 5.48. The van der Waals surface area contributed by atoms with Crippen LogP contribution in [0.5, 0.6) is 0 Å². The summed E-state index contributed by atoms with van der Waals surface area (Å²) in [6.45, 7) is 5.17. The van der Waals surface area contributed by atoms with Crippen LogP contribution in [0.15, 0.2) is 24.3 Å². The first kappa shape index (κ1) is 16.8. The van der Waals surface area contributed by atoms with Gasteiger partial charge in [0.2, 0.25) is 15.9 Å². The van der Waals surface area contributed by atoms with E-state index >= 15 is 0 Å². The molecular formula is C13H19ClN2O3S. The fraction of sp³-hybridized carbons (Fsp3) is 0.462. The quantitative estimate of drug-likeness (QED) is 0.903. The van der Waals surface area contributed by atoms with E-state index < -0.39 is 16.1 Å². The van der Waals surface area contributed by atoms with Crippen LogP contribution in [0.2, 0.25) is 5.02 Å². The van der Waals surface area contributed by atoms with Gasteiger partial charge < -0.3 is 5.32 Å². The van der Waals surface area contributed by atoms with Gasteiger partial charge in [0.25, 0.3) is 0 Å². The largest absolute Gasteiger partial charge is 0.352 e. The first-order chi connectivity index (χ1) is 9.12. The first-order valence-corrected chi connectivity index (χ1v) is 8.41. The van der Waals surface area contributed by atoms with Crippen molar-refractivity contribution in [3.05, 3.63) is 29.3 Å². The van der Waals surface area contributed by atoms with Crippen molar-refractivity contribution in [3.63, 3.8) is 0 Å². The fourth-order valence-electron chi connectivity index (χ4n) is 1.83. The summed E-state index contributed by atoms with van der Waals surface area (Å²) >= 11 is 5.89. The molecule has 0 aliphatic heterocycles. The third kappa shape index (κ3) is 4.38. The maximum atomic E-state index is 12.0. The van der Waals surface area contributed by atoms with Gasteiger partial charge in [-0.2, -0.15) is 0 Å². The Labute approximate surface area is 125 Å². The van der Waals surface area contributed by atoms with Crippen LogP contribution in [0.3, 0.4) is 0 Å². The van der Waals surface area contributed by atoms with Gasteiger partial charge in [-0.05, 0) is 39.0 Å². The number of halogens is 1. The summed E-state index contributed by atoms with van der Waals surface area (Å²) in [5.41, 5.74) is 0.367. The molecule has 0 radical (unpaired) electrons. The summed E-state index contributed by atoms with van der Waals surface area (Å²) in [6.07, 6.45) is 1.06. The Morgan fingerprint density at radius 2 is 1.90 bits per heavy atom. The molecule has 0 fully saturated rings. The molecule has 1 aromatic carbocycles. The van der Waals surface area contributed by atoms with Crippen molar-refractivity contribution in [3.8, 4) is 0 Å². The van der Waals surface area contributed by atoms with Crippen LogP contribution in [0.4, 0.5) is 5.69 Å². The molecule has 7 heteroatoms. The molecule has 0 aliphatic carbocycles. The Kier molecular flexibility index (Phi) is 5.42. The van der Waals surface area contributed by atoms with E-state index in [1.54, 1.807) is 25.1 Å². The highest BCUT2D eigenvalue weighted by Crippen LogP contribution is 2.24. The van der Waals surface area contributed by atoms with Crippen molar-refractivity contribution in [1.29, 1.82) is 0 Å². The Bertz CT molecular complexity index is 587. The lowest BCUT2D eigenvalue weighted by Crippen LogP contribution is -2.49. The van der Waals surface area contributed by atoms with E-state index in [-0.39, 0.29) is 11.9 Å². The monoisotopic (exact) mass is 318 g/mol. The molecule has 1 rings (SSSR count). The molecule has 0 spiro atoms. The highest BCUT2D eigenvalue weighted by Gasteiger charge is 2.29. The molecule has 5 nitrogen and oxygen atoms in total. The van der Waals surface area contributed by atoms with Crippen LogP contribution >= 0.6 is 11.6 Å². The SMILES string of the molecule is CC(C)NC(=O)[C@@H](C)N(c1cccc(Cl)c1)S(C)(=O)=O. The molecule has 0 unspecified atom stereocenters. The Balaban J connectivity index is 3.18. The number of sulfonamides is 1. The zero-order valence-corrected chi connectivity index (χ0v) is 13.5. The summed E-state index contributed by atoms with van der Waals surface area (Å²) in [7, 11) is -3.60. The third-order valence-corrected chi connectivity index (χ3v) is 4.06. The van der Waals surface area contributed by atoms with Crippen molar-refractivity contribution < 1.29 is 13.2 Å². The molecule has 0 heterocycles.